The van der Waals surface area contributed by atoms with Gasteiger partial charge < -0.3 is 9.64 Å². The lowest BCUT2D eigenvalue weighted by Crippen LogP contribution is -2.58. The van der Waals surface area contributed by atoms with Crippen LogP contribution < -0.4 is 4.72 Å². The summed E-state index contributed by atoms with van der Waals surface area (Å²) in [6.45, 7) is 4.14. The number of piperidine rings is 1. The minimum atomic E-state index is -3.41. The van der Waals surface area contributed by atoms with Crippen molar-refractivity contribution in [1.82, 2.24) is 14.6 Å². The van der Waals surface area contributed by atoms with Crippen LogP contribution in [0.1, 0.15) is 32.4 Å². The SMILES string of the molecule is CC(C)OC(=O)N1CCC[C@@H](NS(C)(=O)=O)[C@H]1Cc1csc(-c2ccccc2)n1. The third-order valence-corrected chi connectivity index (χ3v) is 6.38. The minimum absolute atomic E-state index is 0.240. The first-order valence-electron chi connectivity index (χ1n) is 9.67. The highest BCUT2D eigenvalue weighted by Crippen LogP contribution is 2.27. The van der Waals surface area contributed by atoms with Crippen molar-refractivity contribution in [1.29, 1.82) is 0 Å². The molecule has 0 spiro atoms. The van der Waals surface area contributed by atoms with Gasteiger partial charge in [0.15, 0.2) is 0 Å². The summed E-state index contributed by atoms with van der Waals surface area (Å²) in [7, 11) is -3.41. The molecule has 1 aliphatic rings. The molecule has 2 aromatic rings. The smallest absolute Gasteiger partial charge is 0.410 e. The number of benzene rings is 1. The van der Waals surface area contributed by atoms with Gasteiger partial charge in [-0.3, -0.25) is 0 Å². The van der Waals surface area contributed by atoms with E-state index < -0.39 is 16.1 Å². The van der Waals surface area contributed by atoms with Crippen LogP contribution >= 0.6 is 11.3 Å². The summed E-state index contributed by atoms with van der Waals surface area (Å²) in [5, 5.41) is 2.88. The van der Waals surface area contributed by atoms with Gasteiger partial charge in [0.25, 0.3) is 0 Å². The van der Waals surface area contributed by atoms with Crippen molar-refractivity contribution in [2.24, 2.45) is 0 Å². The molecule has 1 aromatic heterocycles. The molecular weight excluding hydrogens is 410 g/mol. The molecule has 9 heteroatoms. The first-order valence-corrected chi connectivity index (χ1v) is 12.4. The Bertz CT molecular complexity index is 928. The summed E-state index contributed by atoms with van der Waals surface area (Å²) >= 11 is 1.54. The Kier molecular flexibility index (Phi) is 6.92. The number of thiazole rings is 1. The quantitative estimate of drug-likeness (QED) is 0.749. The number of carbonyl (C=O) groups excluding carboxylic acids is 1. The van der Waals surface area contributed by atoms with Crippen molar-refractivity contribution in [3.05, 3.63) is 41.4 Å². The molecule has 0 aliphatic carbocycles. The van der Waals surface area contributed by atoms with Crippen LogP contribution in [0.15, 0.2) is 35.7 Å². The van der Waals surface area contributed by atoms with Crippen molar-refractivity contribution in [2.75, 3.05) is 12.8 Å². The highest BCUT2D eigenvalue weighted by Gasteiger charge is 2.37. The lowest BCUT2D eigenvalue weighted by molar-refractivity contribution is 0.0459. The summed E-state index contributed by atoms with van der Waals surface area (Å²) in [5.41, 5.74) is 1.87. The average Bonchev–Trinajstić information content (AvgIpc) is 3.10. The molecular formula is C20H27N3O4S2. The Morgan fingerprint density at radius 3 is 2.72 bits per heavy atom. The zero-order valence-corrected chi connectivity index (χ0v) is 18.5. The van der Waals surface area contributed by atoms with Crippen molar-refractivity contribution in [3.8, 4) is 10.6 Å². The van der Waals surface area contributed by atoms with Crippen molar-refractivity contribution >= 4 is 27.5 Å². The Hall–Kier alpha value is -1.97. The second kappa shape index (κ2) is 9.23. The highest BCUT2D eigenvalue weighted by molar-refractivity contribution is 7.88. The van der Waals surface area contributed by atoms with E-state index in [4.69, 9.17) is 9.72 Å². The van der Waals surface area contributed by atoms with Crippen LogP contribution in [0.4, 0.5) is 4.79 Å². The number of ether oxygens (including phenoxy) is 1. The molecule has 1 saturated heterocycles. The number of carbonyl (C=O) groups is 1. The number of rotatable bonds is 6. The topological polar surface area (TPSA) is 88.6 Å². The van der Waals surface area contributed by atoms with Gasteiger partial charge in [0, 0.05) is 30.0 Å². The molecule has 0 saturated carbocycles. The van der Waals surface area contributed by atoms with E-state index in [0.717, 1.165) is 22.5 Å². The fourth-order valence-corrected chi connectivity index (χ4v) is 5.21. The lowest BCUT2D eigenvalue weighted by Gasteiger charge is -2.40. The number of aromatic nitrogens is 1. The molecule has 1 amide bonds. The lowest BCUT2D eigenvalue weighted by atomic mass is 9.94. The van der Waals surface area contributed by atoms with E-state index in [9.17, 15) is 13.2 Å². The second-order valence-corrected chi connectivity index (χ2v) is 10.2. The Balaban J connectivity index is 1.84. The third-order valence-electron chi connectivity index (χ3n) is 4.71. The molecule has 0 unspecified atom stereocenters. The molecule has 1 N–H and O–H groups in total. The van der Waals surface area contributed by atoms with Crippen LogP contribution in [-0.2, 0) is 21.2 Å². The highest BCUT2D eigenvalue weighted by atomic mass is 32.2. The number of amides is 1. The fraction of sp³-hybridized carbons (Fsp3) is 0.500. The summed E-state index contributed by atoms with van der Waals surface area (Å²) in [6.07, 6.45) is 2.33. The van der Waals surface area contributed by atoms with Gasteiger partial charge in [-0.15, -0.1) is 11.3 Å². The van der Waals surface area contributed by atoms with Crippen LogP contribution in [0.2, 0.25) is 0 Å². The van der Waals surface area contributed by atoms with Crippen molar-refractivity contribution in [3.63, 3.8) is 0 Å². The molecule has 7 nitrogen and oxygen atoms in total. The summed E-state index contributed by atoms with van der Waals surface area (Å²) in [5.74, 6) is 0. The van der Waals surface area contributed by atoms with Gasteiger partial charge in [0.05, 0.1) is 24.1 Å². The van der Waals surface area contributed by atoms with E-state index >= 15 is 0 Å². The molecule has 158 valence electrons. The summed E-state index contributed by atoms with van der Waals surface area (Å²) in [6, 6.07) is 9.17. The van der Waals surface area contributed by atoms with Crippen molar-refractivity contribution < 1.29 is 17.9 Å². The van der Waals surface area contributed by atoms with Gasteiger partial charge in [0.1, 0.15) is 5.01 Å². The van der Waals surface area contributed by atoms with E-state index in [1.807, 2.05) is 35.7 Å². The van der Waals surface area contributed by atoms with Gasteiger partial charge in [-0.1, -0.05) is 30.3 Å². The fourth-order valence-electron chi connectivity index (χ4n) is 3.55. The molecule has 3 rings (SSSR count). The first kappa shape index (κ1) is 21.7. The van der Waals surface area contributed by atoms with Crippen LogP contribution in [-0.4, -0.2) is 55.4 Å². The number of nitrogens with one attached hydrogen (secondary N) is 1. The van der Waals surface area contributed by atoms with Crippen LogP contribution in [0.3, 0.4) is 0 Å². The average molecular weight is 438 g/mol. The predicted octanol–water partition coefficient (Wildman–Crippen LogP) is 3.28. The van der Waals surface area contributed by atoms with E-state index in [0.29, 0.717) is 25.8 Å². The van der Waals surface area contributed by atoms with Gasteiger partial charge in [0.2, 0.25) is 10.0 Å². The minimum Gasteiger partial charge on any atom is -0.447 e. The molecule has 0 radical (unpaired) electrons. The molecule has 0 bridgehead atoms. The zero-order chi connectivity index (χ0) is 21.0. The normalized spacial score (nSPS) is 20.1. The van der Waals surface area contributed by atoms with E-state index in [1.165, 1.54) is 0 Å². The molecule has 29 heavy (non-hydrogen) atoms. The van der Waals surface area contributed by atoms with Crippen molar-refractivity contribution in [2.45, 2.75) is 51.3 Å². The van der Waals surface area contributed by atoms with Gasteiger partial charge in [-0.2, -0.15) is 0 Å². The first-order chi connectivity index (χ1) is 13.7. The number of hydrogen-bond acceptors (Lipinski definition) is 6. The number of hydrogen-bond donors (Lipinski definition) is 1. The van der Waals surface area contributed by atoms with Gasteiger partial charge in [-0.25, -0.2) is 22.9 Å². The van der Waals surface area contributed by atoms with Gasteiger partial charge in [-0.05, 0) is 26.7 Å². The number of likely N-dealkylation sites (tertiary alicyclic amines) is 1. The largest absolute Gasteiger partial charge is 0.447 e. The van der Waals surface area contributed by atoms with Crippen LogP contribution in [0, 0.1) is 0 Å². The molecule has 1 aromatic carbocycles. The standard InChI is InChI=1S/C20H27N3O4S2/c1-14(2)27-20(24)23-11-7-10-17(22-29(3,25)26)18(23)12-16-13-28-19(21-16)15-8-5-4-6-9-15/h4-6,8-9,13-14,17-18,22H,7,10-12H2,1-3H3/t17-,18-/m1/s1. The third kappa shape index (κ3) is 6.01. The molecule has 1 fully saturated rings. The Labute approximate surface area is 176 Å². The maximum Gasteiger partial charge on any atom is 0.410 e. The maximum atomic E-state index is 12.7. The Morgan fingerprint density at radius 1 is 1.34 bits per heavy atom. The predicted molar refractivity (Wildman–Crippen MR) is 114 cm³/mol. The summed E-state index contributed by atoms with van der Waals surface area (Å²) < 4.78 is 31.9. The Morgan fingerprint density at radius 2 is 2.07 bits per heavy atom. The van der Waals surface area contributed by atoms with Crippen LogP contribution in [0.5, 0.6) is 0 Å². The summed E-state index contributed by atoms with van der Waals surface area (Å²) in [4.78, 5) is 19.0. The zero-order valence-electron chi connectivity index (χ0n) is 16.9. The van der Waals surface area contributed by atoms with E-state index in [-0.39, 0.29) is 18.2 Å². The molecule has 2 atom stereocenters. The van der Waals surface area contributed by atoms with E-state index in [2.05, 4.69) is 4.72 Å². The monoisotopic (exact) mass is 437 g/mol. The van der Waals surface area contributed by atoms with E-state index in [1.54, 1.807) is 30.1 Å². The maximum absolute atomic E-state index is 12.7. The second-order valence-electron chi connectivity index (χ2n) is 7.55. The number of sulfonamides is 1. The number of nitrogens with zero attached hydrogens (tertiary/aromatic N) is 2. The van der Waals surface area contributed by atoms with Gasteiger partial charge >= 0.3 is 6.09 Å². The van der Waals surface area contributed by atoms with Crippen LogP contribution in [0.25, 0.3) is 10.6 Å². The molecule has 2 heterocycles. The molecule has 1 aliphatic heterocycles.